The molecule has 2 atom stereocenters. The van der Waals surface area contributed by atoms with Crippen LogP contribution in [0.15, 0.2) is 18.5 Å². The van der Waals surface area contributed by atoms with Crippen LogP contribution in [0.4, 0.5) is 0 Å². The zero-order chi connectivity index (χ0) is 18.9. The largest absolute Gasteiger partial charge is 0.369 e. The van der Waals surface area contributed by atoms with Crippen molar-refractivity contribution in [2.75, 3.05) is 13.7 Å². The second kappa shape index (κ2) is 7.23. The number of imidazole rings is 1. The zero-order valence-corrected chi connectivity index (χ0v) is 16.3. The first kappa shape index (κ1) is 18.6. The number of aryl methyl sites for hydroxylation is 1. The maximum Gasteiger partial charge on any atom is 0.228 e. The second-order valence-electron chi connectivity index (χ2n) is 7.98. The highest BCUT2D eigenvalue weighted by Gasteiger charge is 2.39. The number of nitrogens with one attached hydrogen (secondary N) is 1. The first-order valence-electron chi connectivity index (χ1n) is 9.23. The minimum absolute atomic E-state index is 0.0149. The standard InChI is InChI=1S/C19H29N5O2/c1-6-24-9-8-20-17(24)16-14(7-10-26-16)18(25)23(5)12-13-11-15(22-21-13)19(2,3)4/h8-9,11,14,16H,6-7,10,12H2,1-5H3,(H,21,22)/t14-,16-/m1/s1. The molecule has 7 nitrogen and oxygen atoms in total. The van der Waals surface area contributed by atoms with Crippen molar-refractivity contribution >= 4 is 5.91 Å². The third-order valence-corrected chi connectivity index (χ3v) is 4.93. The van der Waals surface area contributed by atoms with E-state index in [1.807, 2.05) is 23.9 Å². The number of hydrogen-bond acceptors (Lipinski definition) is 4. The van der Waals surface area contributed by atoms with Gasteiger partial charge in [-0.25, -0.2) is 4.98 Å². The number of carbonyl (C=O) groups excluding carboxylic acids is 1. The molecule has 7 heteroatoms. The molecule has 2 aromatic heterocycles. The summed E-state index contributed by atoms with van der Waals surface area (Å²) < 4.78 is 7.91. The van der Waals surface area contributed by atoms with Gasteiger partial charge in [0.15, 0.2) is 0 Å². The number of aromatic amines is 1. The molecule has 0 radical (unpaired) electrons. The number of aromatic nitrogens is 4. The van der Waals surface area contributed by atoms with Crippen molar-refractivity contribution in [3.05, 3.63) is 35.7 Å². The molecule has 0 aliphatic carbocycles. The van der Waals surface area contributed by atoms with Gasteiger partial charge in [0.05, 0.1) is 23.9 Å². The summed E-state index contributed by atoms with van der Waals surface area (Å²) in [4.78, 5) is 19.2. The van der Waals surface area contributed by atoms with Gasteiger partial charge in [0.2, 0.25) is 5.91 Å². The van der Waals surface area contributed by atoms with Crippen LogP contribution in [-0.2, 0) is 28.0 Å². The Morgan fingerprint density at radius 2 is 2.23 bits per heavy atom. The highest BCUT2D eigenvalue weighted by Crippen LogP contribution is 2.35. The van der Waals surface area contributed by atoms with E-state index in [9.17, 15) is 4.79 Å². The number of rotatable bonds is 5. The van der Waals surface area contributed by atoms with Crippen molar-refractivity contribution in [3.63, 3.8) is 0 Å². The van der Waals surface area contributed by atoms with Gasteiger partial charge in [-0.2, -0.15) is 5.10 Å². The van der Waals surface area contributed by atoms with E-state index in [0.717, 1.165) is 30.2 Å². The minimum atomic E-state index is -0.271. The average Bonchev–Trinajstić information content (AvgIpc) is 3.31. The van der Waals surface area contributed by atoms with Crippen LogP contribution in [0.1, 0.15) is 57.4 Å². The van der Waals surface area contributed by atoms with E-state index in [0.29, 0.717) is 13.2 Å². The number of nitrogens with zero attached hydrogens (tertiary/aromatic N) is 4. The van der Waals surface area contributed by atoms with Crippen LogP contribution in [-0.4, -0.2) is 44.2 Å². The van der Waals surface area contributed by atoms with Gasteiger partial charge < -0.3 is 14.2 Å². The fourth-order valence-electron chi connectivity index (χ4n) is 3.39. The quantitative estimate of drug-likeness (QED) is 0.890. The van der Waals surface area contributed by atoms with Crippen LogP contribution in [0, 0.1) is 5.92 Å². The molecule has 0 unspecified atom stereocenters. The van der Waals surface area contributed by atoms with E-state index in [2.05, 4.69) is 42.9 Å². The van der Waals surface area contributed by atoms with Gasteiger partial charge in [0.25, 0.3) is 0 Å². The molecule has 1 amide bonds. The molecule has 0 aromatic carbocycles. The lowest BCUT2D eigenvalue weighted by Crippen LogP contribution is -2.34. The van der Waals surface area contributed by atoms with Crippen LogP contribution in [0.2, 0.25) is 0 Å². The molecule has 1 fully saturated rings. The van der Waals surface area contributed by atoms with Crippen LogP contribution >= 0.6 is 0 Å². The summed E-state index contributed by atoms with van der Waals surface area (Å²) in [6.45, 7) is 10.3. The molecule has 3 rings (SSSR count). The number of amides is 1. The fraction of sp³-hybridized carbons (Fsp3) is 0.632. The van der Waals surface area contributed by atoms with Crippen LogP contribution in [0.3, 0.4) is 0 Å². The molecule has 1 aliphatic heterocycles. The molecule has 2 aromatic rings. The first-order chi connectivity index (χ1) is 12.3. The Kier molecular flexibility index (Phi) is 5.18. The Hall–Kier alpha value is -2.15. The summed E-state index contributed by atoms with van der Waals surface area (Å²) in [6, 6.07) is 2.04. The Morgan fingerprint density at radius 1 is 1.46 bits per heavy atom. The molecule has 26 heavy (non-hydrogen) atoms. The van der Waals surface area contributed by atoms with Crippen LogP contribution in [0.5, 0.6) is 0 Å². The summed E-state index contributed by atoms with van der Waals surface area (Å²) in [5.74, 6) is 0.732. The predicted molar refractivity (Wildman–Crippen MR) is 98.5 cm³/mol. The Bertz CT molecular complexity index is 758. The van der Waals surface area contributed by atoms with Crippen LogP contribution in [0.25, 0.3) is 0 Å². The van der Waals surface area contributed by atoms with Gasteiger partial charge in [-0.05, 0) is 19.4 Å². The number of H-pyrrole nitrogens is 1. The monoisotopic (exact) mass is 359 g/mol. The SMILES string of the molecule is CCn1ccnc1[C@@H]1OCC[C@H]1C(=O)N(C)Cc1cc(C(C)(C)C)n[nH]1. The van der Waals surface area contributed by atoms with Crippen molar-refractivity contribution in [3.8, 4) is 0 Å². The van der Waals surface area contributed by atoms with Gasteiger partial charge in [0.1, 0.15) is 11.9 Å². The van der Waals surface area contributed by atoms with Gasteiger partial charge >= 0.3 is 0 Å². The van der Waals surface area contributed by atoms with E-state index in [1.54, 1.807) is 11.1 Å². The lowest BCUT2D eigenvalue weighted by Gasteiger charge is -2.24. The van der Waals surface area contributed by atoms with Crippen molar-refractivity contribution in [2.24, 2.45) is 5.92 Å². The number of hydrogen-bond donors (Lipinski definition) is 1. The third kappa shape index (κ3) is 3.67. The summed E-state index contributed by atoms with van der Waals surface area (Å²) in [5, 5.41) is 7.43. The maximum atomic E-state index is 13.0. The van der Waals surface area contributed by atoms with Gasteiger partial charge in [-0.1, -0.05) is 20.8 Å². The number of ether oxygens (including phenoxy) is 1. The minimum Gasteiger partial charge on any atom is -0.369 e. The summed E-state index contributed by atoms with van der Waals surface area (Å²) in [7, 11) is 1.83. The molecule has 0 spiro atoms. The second-order valence-corrected chi connectivity index (χ2v) is 7.98. The summed E-state index contributed by atoms with van der Waals surface area (Å²) >= 11 is 0. The molecule has 142 valence electrons. The number of carbonyl (C=O) groups is 1. The predicted octanol–water partition coefficient (Wildman–Crippen LogP) is 2.66. The van der Waals surface area contributed by atoms with Crippen molar-refractivity contribution in [1.29, 1.82) is 0 Å². The molecule has 1 saturated heterocycles. The van der Waals surface area contributed by atoms with Gasteiger partial charge in [0, 0.05) is 38.0 Å². The highest BCUT2D eigenvalue weighted by molar-refractivity contribution is 5.79. The average molecular weight is 359 g/mol. The normalized spacial score (nSPS) is 20.5. The summed E-state index contributed by atoms with van der Waals surface area (Å²) in [6.07, 6.45) is 4.15. The lowest BCUT2D eigenvalue weighted by molar-refractivity contribution is -0.136. The van der Waals surface area contributed by atoms with Gasteiger partial charge in [-0.15, -0.1) is 0 Å². The molecule has 1 aliphatic rings. The van der Waals surface area contributed by atoms with E-state index >= 15 is 0 Å². The van der Waals surface area contributed by atoms with Gasteiger partial charge in [-0.3, -0.25) is 9.89 Å². The van der Waals surface area contributed by atoms with Crippen molar-refractivity contribution in [1.82, 2.24) is 24.6 Å². The molecular weight excluding hydrogens is 330 g/mol. The Balaban J connectivity index is 1.70. The third-order valence-electron chi connectivity index (χ3n) is 4.93. The van der Waals surface area contributed by atoms with Crippen molar-refractivity contribution < 1.29 is 9.53 Å². The van der Waals surface area contributed by atoms with E-state index < -0.39 is 0 Å². The molecule has 0 saturated carbocycles. The van der Waals surface area contributed by atoms with Crippen LogP contribution < -0.4 is 0 Å². The summed E-state index contributed by atoms with van der Waals surface area (Å²) in [5.41, 5.74) is 1.93. The zero-order valence-electron chi connectivity index (χ0n) is 16.3. The molecule has 1 N–H and O–H groups in total. The molecule has 0 bridgehead atoms. The fourth-order valence-corrected chi connectivity index (χ4v) is 3.39. The highest BCUT2D eigenvalue weighted by atomic mass is 16.5. The molecular formula is C19H29N5O2. The van der Waals surface area contributed by atoms with E-state index in [4.69, 9.17) is 4.74 Å². The van der Waals surface area contributed by atoms with E-state index in [-0.39, 0.29) is 23.3 Å². The smallest absolute Gasteiger partial charge is 0.228 e. The van der Waals surface area contributed by atoms with E-state index in [1.165, 1.54) is 0 Å². The first-order valence-corrected chi connectivity index (χ1v) is 9.23. The Morgan fingerprint density at radius 3 is 2.88 bits per heavy atom. The lowest BCUT2D eigenvalue weighted by atomic mass is 9.92. The van der Waals surface area contributed by atoms with Crippen molar-refractivity contribution in [2.45, 2.75) is 58.7 Å². The Labute approximate surface area is 154 Å². The maximum absolute atomic E-state index is 13.0. The molecule has 3 heterocycles. The topological polar surface area (TPSA) is 76.0 Å².